The summed E-state index contributed by atoms with van der Waals surface area (Å²) >= 11 is 7.92. The Kier molecular flexibility index (Phi) is 11.1. The summed E-state index contributed by atoms with van der Waals surface area (Å²) < 4.78 is 5.19. The van der Waals surface area contributed by atoms with E-state index in [4.69, 9.17) is 21.3 Å². The van der Waals surface area contributed by atoms with E-state index < -0.39 is 0 Å². The highest BCUT2D eigenvalue weighted by molar-refractivity contribution is 7.98. The van der Waals surface area contributed by atoms with Gasteiger partial charge in [0.2, 0.25) is 0 Å². The average Bonchev–Trinajstić information content (AvgIpc) is 3.04. The molecule has 0 aliphatic carbocycles. The van der Waals surface area contributed by atoms with Crippen molar-refractivity contribution in [2.24, 2.45) is 5.92 Å². The summed E-state index contributed by atoms with van der Waals surface area (Å²) in [6.07, 6.45) is 5.93. The lowest BCUT2D eigenvalue weighted by molar-refractivity contribution is -0.149. The van der Waals surface area contributed by atoms with Gasteiger partial charge in [0.25, 0.3) is 5.91 Å². The molecule has 0 saturated carbocycles. The van der Waals surface area contributed by atoms with Gasteiger partial charge in [0, 0.05) is 63.2 Å². The number of piperidine rings is 1. The van der Waals surface area contributed by atoms with Crippen molar-refractivity contribution in [2.75, 3.05) is 57.3 Å². The van der Waals surface area contributed by atoms with Gasteiger partial charge in [-0.05, 0) is 43.0 Å². The van der Waals surface area contributed by atoms with E-state index in [1.54, 1.807) is 11.8 Å². The van der Waals surface area contributed by atoms with Crippen LogP contribution in [0.4, 0.5) is 5.82 Å². The fraction of sp³-hybridized carbons (Fsp3) is 0.394. The minimum atomic E-state index is -0.259. The van der Waals surface area contributed by atoms with Gasteiger partial charge in [0.05, 0.1) is 12.5 Å². The van der Waals surface area contributed by atoms with Crippen LogP contribution in [0.15, 0.2) is 71.9 Å². The van der Waals surface area contributed by atoms with Crippen molar-refractivity contribution in [3.8, 4) is 0 Å². The molecule has 10 heteroatoms. The van der Waals surface area contributed by atoms with Gasteiger partial charge in [0.1, 0.15) is 11.0 Å². The second-order valence-corrected chi connectivity index (χ2v) is 12.1. The van der Waals surface area contributed by atoms with Crippen LogP contribution in [-0.4, -0.2) is 84.1 Å². The van der Waals surface area contributed by atoms with Gasteiger partial charge in [-0.3, -0.25) is 14.5 Å². The molecule has 1 atom stereocenters. The molecule has 5 rings (SSSR count). The number of hydrogen-bond acceptors (Lipinski definition) is 8. The number of carbonyl (C=O) groups is 2. The summed E-state index contributed by atoms with van der Waals surface area (Å²) in [7, 11) is 0. The minimum Gasteiger partial charge on any atom is -0.466 e. The number of amides is 1. The largest absolute Gasteiger partial charge is 0.466 e. The second kappa shape index (κ2) is 15.4. The lowest BCUT2D eigenvalue weighted by Gasteiger charge is -2.35. The minimum absolute atomic E-state index is 0.0585. The van der Waals surface area contributed by atoms with Crippen LogP contribution < -0.4 is 4.90 Å². The van der Waals surface area contributed by atoms with E-state index in [1.807, 2.05) is 36.4 Å². The molecule has 2 aliphatic heterocycles. The Balaban J connectivity index is 1.14. The summed E-state index contributed by atoms with van der Waals surface area (Å²) in [5, 5.41) is 1.03. The maximum Gasteiger partial charge on any atom is 0.310 e. The first-order valence-electron chi connectivity index (χ1n) is 14.9. The second-order valence-electron chi connectivity index (χ2n) is 10.8. The highest BCUT2D eigenvalue weighted by Crippen LogP contribution is 2.26. The number of carbonyl (C=O) groups excluding carboxylic acids is 2. The van der Waals surface area contributed by atoms with Crippen LogP contribution in [0, 0.1) is 5.92 Å². The van der Waals surface area contributed by atoms with Crippen molar-refractivity contribution < 1.29 is 14.3 Å². The molecule has 0 bridgehead atoms. The molecule has 43 heavy (non-hydrogen) atoms. The van der Waals surface area contributed by atoms with Crippen LogP contribution in [0.25, 0.3) is 6.08 Å². The summed E-state index contributed by atoms with van der Waals surface area (Å²) in [5.41, 5.74) is 2.83. The number of ether oxygens (including phenoxy) is 1. The van der Waals surface area contributed by atoms with Crippen molar-refractivity contribution in [1.29, 1.82) is 0 Å². The van der Waals surface area contributed by atoms with Crippen molar-refractivity contribution in [3.05, 3.63) is 88.6 Å². The number of nitrogens with zero attached hydrogens (tertiary/aromatic N) is 5. The maximum absolute atomic E-state index is 13.3. The van der Waals surface area contributed by atoms with Gasteiger partial charge in [0.15, 0.2) is 5.16 Å². The van der Waals surface area contributed by atoms with Gasteiger partial charge >= 0.3 is 5.97 Å². The molecule has 8 nitrogen and oxygen atoms in total. The fourth-order valence-corrected chi connectivity index (χ4v) is 6.44. The quantitative estimate of drug-likeness (QED) is 0.124. The Bertz CT molecular complexity index is 1410. The molecular formula is C33H38ClN5O3S. The number of aromatic nitrogens is 2. The molecule has 1 amide bonds. The molecule has 2 saturated heterocycles. The number of hydrogen-bond donors (Lipinski definition) is 0. The van der Waals surface area contributed by atoms with E-state index in [0.29, 0.717) is 41.3 Å². The Labute approximate surface area is 263 Å². The third-order valence-corrected chi connectivity index (χ3v) is 8.81. The van der Waals surface area contributed by atoms with E-state index in [2.05, 4.69) is 51.2 Å². The third-order valence-electron chi connectivity index (χ3n) is 7.70. The smallest absolute Gasteiger partial charge is 0.310 e. The first-order chi connectivity index (χ1) is 21.0. The molecule has 2 fully saturated rings. The van der Waals surface area contributed by atoms with E-state index in [9.17, 15) is 9.59 Å². The number of halogens is 1. The number of benzene rings is 2. The highest BCUT2D eigenvalue weighted by Gasteiger charge is 2.30. The zero-order valence-electron chi connectivity index (χ0n) is 24.5. The number of rotatable bonds is 10. The summed E-state index contributed by atoms with van der Waals surface area (Å²) in [5.74, 6) is 0.909. The zero-order valence-corrected chi connectivity index (χ0v) is 26.1. The van der Waals surface area contributed by atoms with Crippen LogP contribution in [0.5, 0.6) is 0 Å². The molecule has 0 spiro atoms. The third kappa shape index (κ3) is 8.81. The normalized spacial score (nSPS) is 17.8. The molecule has 3 heterocycles. The van der Waals surface area contributed by atoms with Gasteiger partial charge in [-0.15, -0.1) is 0 Å². The van der Waals surface area contributed by atoms with Gasteiger partial charge in [-0.25, -0.2) is 9.97 Å². The van der Waals surface area contributed by atoms with Crippen LogP contribution in [0.3, 0.4) is 0 Å². The first kappa shape index (κ1) is 31.0. The van der Waals surface area contributed by atoms with Crippen LogP contribution in [0.2, 0.25) is 5.15 Å². The summed E-state index contributed by atoms with van der Waals surface area (Å²) in [6.45, 7) is 7.74. The maximum atomic E-state index is 13.3. The van der Waals surface area contributed by atoms with Crippen molar-refractivity contribution in [1.82, 2.24) is 19.8 Å². The SMILES string of the molecule is CCOC(=O)C1CCCN(C(=O)c2cccc(CSc3nc(Cl)cc(N4CCN(CC=Cc5ccccc5)CC4)n3)c2)C1. The Morgan fingerprint density at radius 3 is 2.63 bits per heavy atom. The standard InChI is InChI=1S/C33H38ClN5O3S/c1-2-42-32(41)28-14-8-16-39(23-28)31(40)27-13-6-11-26(21-27)24-43-33-35-29(34)22-30(36-33)38-19-17-37(18-20-38)15-7-12-25-9-4-3-5-10-25/h3-7,9-13,21-22,28H,2,8,14-20,23-24H2,1H3. The predicted molar refractivity (Wildman–Crippen MR) is 172 cm³/mol. The van der Waals surface area contributed by atoms with Crippen molar-refractivity contribution in [2.45, 2.75) is 30.7 Å². The Morgan fingerprint density at radius 1 is 1.02 bits per heavy atom. The fourth-order valence-electron chi connectivity index (χ4n) is 5.41. The van der Waals surface area contributed by atoms with E-state index in [1.165, 1.54) is 17.3 Å². The molecule has 226 valence electrons. The lowest BCUT2D eigenvalue weighted by Crippen LogP contribution is -2.46. The number of thioether (sulfide) groups is 1. The zero-order chi connectivity index (χ0) is 30.0. The van der Waals surface area contributed by atoms with Crippen LogP contribution >= 0.6 is 23.4 Å². The van der Waals surface area contributed by atoms with E-state index >= 15 is 0 Å². The van der Waals surface area contributed by atoms with Gasteiger partial charge < -0.3 is 14.5 Å². The molecule has 3 aromatic rings. The van der Waals surface area contributed by atoms with Gasteiger partial charge in [-0.2, -0.15) is 0 Å². The number of piperazine rings is 1. The Hall–Kier alpha value is -3.40. The summed E-state index contributed by atoms with van der Waals surface area (Å²) in [4.78, 5) is 41.2. The lowest BCUT2D eigenvalue weighted by atomic mass is 9.97. The molecule has 1 aromatic heterocycles. The van der Waals surface area contributed by atoms with E-state index in [-0.39, 0.29) is 17.8 Å². The molecule has 2 aromatic carbocycles. The molecule has 0 radical (unpaired) electrons. The number of likely N-dealkylation sites (tertiary alicyclic amines) is 1. The molecule has 0 N–H and O–H groups in total. The predicted octanol–water partition coefficient (Wildman–Crippen LogP) is 5.67. The Morgan fingerprint density at radius 2 is 1.84 bits per heavy atom. The average molecular weight is 620 g/mol. The van der Waals surface area contributed by atoms with Crippen LogP contribution in [-0.2, 0) is 15.3 Å². The van der Waals surface area contributed by atoms with Gasteiger partial charge in [-0.1, -0.05) is 78.0 Å². The van der Waals surface area contributed by atoms with Crippen molar-refractivity contribution in [3.63, 3.8) is 0 Å². The monoisotopic (exact) mass is 619 g/mol. The number of esters is 1. The molecular weight excluding hydrogens is 582 g/mol. The number of anilines is 1. The highest BCUT2D eigenvalue weighted by atomic mass is 35.5. The molecule has 1 unspecified atom stereocenters. The van der Waals surface area contributed by atoms with Crippen molar-refractivity contribution >= 4 is 47.1 Å². The van der Waals surface area contributed by atoms with E-state index in [0.717, 1.165) is 56.9 Å². The van der Waals surface area contributed by atoms with Crippen LogP contribution in [0.1, 0.15) is 41.3 Å². The first-order valence-corrected chi connectivity index (χ1v) is 16.3. The topological polar surface area (TPSA) is 78.9 Å². The molecule has 2 aliphatic rings. The summed E-state index contributed by atoms with van der Waals surface area (Å²) in [6, 6.07) is 19.8.